The highest BCUT2D eigenvalue weighted by Gasteiger charge is 2.22. The van der Waals surface area contributed by atoms with E-state index in [4.69, 9.17) is 14.9 Å². The summed E-state index contributed by atoms with van der Waals surface area (Å²) in [6, 6.07) is 1.97. The third-order valence-electron chi connectivity index (χ3n) is 2.76. The average molecular weight is 420 g/mol. The first kappa shape index (κ1) is 20.4. The van der Waals surface area contributed by atoms with Gasteiger partial charge in [-0.2, -0.15) is 0 Å². The molecule has 1 aromatic heterocycles. The Balaban J connectivity index is 2.46. The van der Waals surface area contributed by atoms with Crippen molar-refractivity contribution in [2.24, 2.45) is 0 Å². The number of carbonyl (C=O) groups is 2. The van der Waals surface area contributed by atoms with Crippen LogP contribution in [0.4, 0.5) is 9.59 Å². The van der Waals surface area contributed by atoms with E-state index in [-0.39, 0.29) is 12.5 Å². The summed E-state index contributed by atoms with van der Waals surface area (Å²) >= 11 is 4.95. The molecule has 0 fully saturated rings. The number of hydrogen-bond acceptors (Lipinski definition) is 6. The number of carbonyl (C=O) groups excluding carboxylic acids is 2. The van der Waals surface area contributed by atoms with E-state index in [1.807, 2.05) is 18.4 Å². The van der Waals surface area contributed by atoms with E-state index in [1.54, 1.807) is 32.1 Å². The zero-order valence-electron chi connectivity index (χ0n) is 14.3. The molecule has 9 heteroatoms. The minimum atomic E-state index is -0.802. The number of guanidine groups is 1. The molecule has 0 aliphatic carbocycles. The Morgan fingerprint density at radius 1 is 1.46 bits per heavy atom. The van der Waals surface area contributed by atoms with Crippen molar-refractivity contribution in [3.05, 3.63) is 20.8 Å². The zero-order chi connectivity index (χ0) is 18.5. The maximum atomic E-state index is 12.0. The maximum absolute atomic E-state index is 12.0. The smallest absolute Gasteiger partial charge is 0.416 e. The Kier molecular flexibility index (Phi) is 7.22. The Hall–Kier alpha value is -1.61. The van der Waals surface area contributed by atoms with Crippen LogP contribution >= 0.6 is 27.3 Å². The molecular weight excluding hydrogens is 398 g/mol. The van der Waals surface area contributed by atoms with Crippen LogP contribution < -0.4 is 5.32 Å². The molecule has 0 spiro atoms. The molecule has 134 valence electrons. The predicted molar refractivity (Wildman–Crippen MR) is 96.6 cm³/mol. The Morgan fingerprint density at radius 2 is 2.08 bits per heavy atom. The third kappa shape index (κ3) is 6.88. The molecule has 1 rings (SSSR count). The summed E-state index contributed by atoms with van der Waals surface area (Å²) in [4.78, 5) is 25.5. The molecule has 1 heterocycles. The van der Waals surface area contributed by atoms with Crippen LogP contribution in [0.25, 0.3) is 0 Å². The van der Waals surface area contributed by atoms with Crippen LogP contribution in [0.3, 0.4) is 0 Å². The first-order valence-electron chi connectivity index (χ1n) is 7.22. The molecule has 0 saturated carbocycles. The molecule has 0 aliphatic heterocycles. The molecule has 0 aliphatic rings. The summed E-state index contributed by atoms with van der Waals surface area (Å²) in [6.45, 7) is 7.24. The van der Waals surface area contributed by atoms with E-state index in [0.29, 0.717) is 0 Å². The number of halogens is 1. The van der Waals surface area contributed by atoms with E-state index in [0.717, 1.165) is 14.2 Å². The molecule has 2 N–H and O–H groups in total. The number of thiophene rings is 1. The number of alkyl carbamates (subject to hydrolysis) is 1. The summed E-state index contributed by atoms with van der Waals surface area (Å²) in [5.74, 6) is -0.382. The monoisotopic (exact) mass is 419 g/mol. The Labute approximate surface area is 153 Å². The van der Waals surface area contributed by atoms with Gasteiger partial charge in [-0.3, -0.25) is 15.6 Å². The zero-order valence-corrected chi connectivity index (χ0v) is 16.7. The first-order valence-corrected chi connectivity index (χ1v) is 8.90. The van der Waals surface area contributed by atoms with Crippen molar-refractivity contribution in [3.63, 3.8) is 0 Å². The van der Waals surface area contributed by atoms with Crippen LogP contribution in [0.15, 0.2) is 15.9 Å². The molecule has 1 aromatic rings. The Bertz CT molecular complexity index is 612. The number of ether oxygens (including phenoxy) is 2. The van der Waals surface area contributed by atoms with E-state index >= 15 is 0 Å². The lowest BCUT2D eigenvalue weighted by atomic mass is 10.1. The van der Waals surface area contributed by atoms with Crippen LogP contribution in [-0.2, 0) is 9.47 Å². The number of hydrogen-bond donors (Lipinski definition) is 2. The molecule has 7 nitrogen and oxygen atoms in total. The second kappa shape index (κ2) is 8.48. The van der Waals surface area contributed by atoms with Gasteiger partial charge in [0.25, 0.3) is 0 Å². The minimum absolute atomic E-state index is 0.0339. The van der Waals surface area contributed by atoms with E-state index < -0.39 is 23.7 Å². The van der Waals surface area contributed by atoms with E-state index in [2.05, 4.69) is 21.2 Å². The lowest BCUT2D eigenvalue weighted by Gasteiger charge is -2.22. The average Bonchev–Trinajstić information content (AvgIpc) is 2.87. The van der Waals surface area contributed by atoms with Crippen molar-refractivity contribution in [1.82, 2.24) is 10.2 Å². The number of amides is 2. The van der Waals surface area contributed by atoms with Crippen molar-refractivity contribution < 1.29 is 19.1 Å². The second-order valence-corrected chi connectivity index (χ2v) is 8.04. The first-order chi connectivity index (χ1) is 11.0. The second-order valence-electron chi connectivity index (χ2n) is 6.18. The maximum Gasteiger partial charge on any atom is 0.416 e. The lowest BCUT2D eigenvalue weighted by Crippen LogP contribution is -2.46. The molecule has 24 heavy (non-hydrogen) atoms. The van der Waals surface area contributed by atoms with Crippen LogP contribution in [0.2, 0.25) is 0 Å². The number of nitrogens with one attached hydrogen (secondary N) is 2. The number of rotatable bonds is 3. The van der Waals surface area contributed by atoms with Gasteiger partial charge in [0.05, 0.1) is 0 Å². The fourth-order valence-corrected chi connectivity index (χ4v) is 3.03. The van der Waals surface area contributed by atoms with Crippen LogP contribution in [0, 0.1) is 5.41 Å². The minimum Gasteiger partial charge on any atom is -0.448 e. The highest BCUT2D eigenvalue weighted by atomic mass is 79.9. The third-order valence-corrected chi connectivity index (χ3v) is 4.68. The van der Waals surface area contributed by atoms with E-state index in [1.165, 1.54) is 7.05 Å². The van der Waals surface area contributed by atoms with Gasteiger partial charge in [0.15, 0.2) is 0 Å². The SMILES string of the molecule is CC(COC(=O)N(C)C(=N)NC(=O)OC(C)(C)C)c1cc(Br)cs1. The summed E-state index contributed by atoms with van der Waals surface area (Å²) < 4.78 is 11.2. The standard InChI is InChI=1S/C15H22BrN3O4S/c1-9(11-6-10(16)8-24-11)7-22-14(21)19(5)12(17)18-13(20)23-15(2,3)4/h6,8-9H,7H2,1-5H3,(H2,17,18,20). The molecule has 1 atom stereocenters. The van der Waals surface area contributed by atoms with Crippen LogP contribution in [-0.4, -0.2) is 42.3 Å². The molecule has 1 unspecified atom stereocenters. The van der Waals surface area contributed by atoms with Gasteiger partial charge in [0.2, 0.25) is 5.96 Å². The van der Waals surface area contributed by atoms with Crippen molar-refractivity contribution in [2.75, 3.05) is 13.7 Å². The quantitative estimate of drug-likeness (QED) is 0.568. The van der Waals surface area contributed by atoms with Gasteiger partial charge in [0, 0.05) is 27.7 Å². The fraction of sp³-hybridized carbons (Fsp3) is 0.533. The van der Waals surface area contributed by atoms with Gasteiger partial charge >= 0.3 is 12.2 Å². The Morgan fingerprint density at radius 3 is 2.58 bits per heavy atom. The highest BCUT2D eigenvalue weighted by Crippen LogP contribution is 2.27. The normalized spacial score (nSPS) is 12.2. The summed E-state index contributed by atoms with van der Waals surface area (Å²) in [6.07, 6.45) is -1.53. The van der Waals surface area contributed by atoms with Gasteiger partial charge in [-0.25, -0.2) is 9.59 Å². The van der Waals surface area contributed by atoms with Gasteiger partial charge in [0.1, 0.15) is 12.2 Å². The van der Waals surface area contributed by atoms with Gasteiger partial charge < -0.3 is 9.47 Å². The van der Waals surface area contributed by atoms with Crippen molar-refractivity contribution >= 4 is 45.4 Å². The summed E-state index contributed by atoms with van der Waals surface area (Å²) in [5, 5.41) is 11.9. The van der Waals surface area contributed by atoms with Gasteiger partial charge in [-0.15, -0.1) is 11.3 Å². The summed E-state index contributed by atoms with van der Waals surface area (Å²) in [5.41, 5.74) is -0.687. The van der Waals surface area contributed by atoms with E-state index in [9.17, 15) is 9.59 Å². The molecule has 0 bridgehead atoms. The van der Waals surface area contributed by atoms with Crippen LogP contribution in [0.5, 0.6) is 0 Å². The van der Waals surface area contributed by atoms with Crippen molar-refractivity contribution in [3.8, 4) is 0 Å². The summed E-state index contributed by atoms with van der Waals surface area (Å²) in [7, 11) is 1.34. The van der Waals surface area contributed by atoms with Crippen molar-refractivity contribution in [1.29, 1.82) is 5.41 Å². The van der Waals surface area contributed by atoms with Crippen molar-refractivity contribution in [2.45, 2.75) is 39.2 Å². The predicted octanol–water partition coefficient (Wildman–Crippen LogP) is 4.14. The molecule has 2 amide bonds. The van der Waals surface area contributed by atoms with Gasteiger partial charge in [-0.1, -0.05) is 6.92 Å². The van der Waals surface area contributed by atoms with Gasteiger partial charge in [-0.05, 0) is 42.8 Å². The lowest BCUT2D eigenvalue weighted by molar-refractivity contribution is 0.0556. The molecule has 0 radical (unpaired) electrons. The molecule has 0 aromatic carbocycles. The largest absolute Gasteiger partial charge is 0.448 e. The highest BCUT2D eigenvalue weighted by molar-refractivity contribution is 9.10. The fourth-order valence-electron chi connectivity index (χ4n) is 1.54. The van der Waals surface area contributed by atoms with Crippen LogP contribution in [0.1, 0.15) is 38.5 Å². The molecule has 0 saturated heterocycles. The molecular formula is C15H22BrN3O4S. The number of nitrogens with zero attached hydrogens (tertiary/aromatic N) is 1. The topological polar surface area (TPSA) is 91.7 Å².